The summed E-state index contributed by atoms with van der Waals surface area (Å²) in [6.45, 7) is 2.78. The Balaban J connectivity index is 1.79. The minimum atomic E-state index is -0.0961. The molecule has 1 N–H and O–H groups in total. The third-order valence-electron chi connectivity index (χ3n) is 4.32. The Labute approximate surface area is 147 Å². The molecule has 5 heteroatoms. The first-order valence-corrected chi connectivity index (χ1v) is 8.26. The van der Waals surface area contributed by atoms with Crippen molar-refractivity contribution in [1.82, 2.24) is 5.32 Å². The summed E-state index contributed by atoms with van der Waals surface area (Å²) in [7, 11) is 1.55. The van der Waals surface area contributed by atoms with Crippen LogP contribution in [0.15, 0.2) is 42.5 Å². The Morgan fingerprint density at radius 2 is 1.84 bits per heavy atom. The van der Waals surface area contributed by atoms with Crippen LogP contribution in [-0.2, 0) is 4.74 Å². The minimum absolute atomic E-state index is 0.0477. The molecule has 5 nitrogen and oxygen atoms in total. The van der Waals surface area contributed by atoms with E-state index in [1.807, 2.05) is 24.3 Å². The van der Waals surface area contributed by atoms with Crippen molar-refractivity contribution in [2.24, 2.45) is 0 Å². The average molecular weight is 339 g/mol. The number of Topliss-reactive ketones (excluding diaryl/α,β-unsaturated/α-hetero) is 1. The maximum atomic E-state index is 12.2. The lowest BCUT2D eigenvalue weighted by Crippen LogP contribution is -2.34. The molecule has 2 aromatic rings. The molecular formula is C20H21NO4. The molecule has 0 aliphatic carbocycles. The molecule has 1 unspecified atom stereocenters. The summed E-state index contributed by atoms with van der Waals surface area (Å²) in [6, 6.07) is 12.9. The number of ether oxygens (including phenoxy) is 2. The summed E-state index contributed by atoms with van der Waals surface area (Å²) in [4.78, 5) is 24.0. The van der Waals surface area contributed by atoms with Crippen LogP contribution < -0.4 is 10.1 Å². The monoisotopic (exact) mass is 339 g/mol. The van der Waals surface area contributed by atoms with Crippen molar-refractivity contribution in [1.29, 1.82) is 0 Å². The van der Waals surface area contributed by atoms with Crippen LogP contribution in [0.1, 0.15) is 34.1 Å². The predicted octanol–water partition coefficient (Wildman–Crippen LogP) is 3.08. The molecule has 0 spiro atoms. The Morgan fingerprint density at radius 1 is 1.12 bits per heavy atom. The van der Waals surface area contributed by atoms with E-state index in [1.165, 1.54) is 6.92 Å². The molecule has 0 radical (unpaired) electrons. The first-order chi connectivity index (χ1) is 12.1. The third-order valence-corrected chi connectivity index (χ3v) is 4.32. The van der Waals surface area contributed by atoms with Crippen LogP contribution in [0.25, 0.3) is 11.1 Å². The summed E-state index contributed by atoms with van der Waals surface area (Å²) in [6.07, 6.45) is 0.851. The molecule has 1 atom stereocenters. The molecule has 2 aromatic carbocycles. The van der Waals surface area contributed by atoms with Crippen molar-refractivity contribution in [3.05, 3.63) is 53.6 Å². The maximum Gasteiger partial charge on any atom is 0.251 e. The van der Waals surface area contributed by atoms with Crippen molar-refractivity contribution in [3.8, 4) is 16.9 Å². The van der Waals surface area contributed by atoms with Gasteiger partial charge in [0.05, 0.1) is 25.3 Å². The highest BCUT2D eigenvalue weighted by molar-refractivity contribution is 5.98. The van der Waals surface area contributed by atoms with E-state index in [0.29, 0.717) is 30.1 Å². The van der Waals surface area contributed by atoms with Crippen LogP contribution in [0.3, 0.4) is 0 Å². The van der Waals surface area contributed by atoms with Crippen molar-refractivity contribution < 1.29 is 19.1 Å². The van der Waals surface area contributed by atoms with Crippen LogP contribution in [0, 0.1) is 0 Å². The van der Waals surface area contributed by atoms with Crippen LogP contribution in [0.2, 0.25) is 0 Å². The van der Waals surface area contributed by atoms with E-state index in [2.05, 4.69) is 5.32 Å². The Hall–Kier alpha value is -2.66. The highest BCUT2D eigenvalue weighted by Crippen LogP contribution is 2.27. The van der Waals surface area contributed by atoms with Gasteiger partial charge in [0.2, 0.25) is 0 Å². The van der Waals surface area contributed by atoms with Crippen molar-refractivity contribution in [2.45, 2.75) is 19.4 Å². The summed E-state index contributed by atoms with van der Waals surface area (Å²) >= 11 is 0. The van der Waals surface area contributed by atoms with E-state index < -0.39 is 0 Å². The van der Waals surface area contributed by atoms with Crippen molar-refractivity contribution in [3.63, 3.8) is 0 Å². The maximum absolute atomic E-state index is 12.2. The number of amides is 1. The van der Waals surface area contributed by atoms with Gasteiger partial charge in [-0.3, -0.25) is 9.59 Å². The fourth-order valence-electron chi connectivity index (χ4n) is 2.89. The minimum Gasteiger partial charge on any atom is -0.496 e. The topological polar surface area (TPSA) is 64.6 Å². The Kier molecular flexibility index (Phi) is 5.14. The number of benzene rings is 2. The molecule has 25 heavy (non-hydrogen) atoms. The fraction of sp³-hybridized carbons (Fsp3) is 0.300. The lowest BCUT2D eigenvalue weighted by molar-refractivity contribution is 0.0929. The van der Waals surface area contributed by atoms with Gasteiger partial charge in [-0.15, -0.1) is 0 Å². The lowest BCUT2D eigenvalue weighted by atomic mass is 9.99. The second kappa shape index (κ2) is 7.49. The number of carbonyl (C=O) groups excluding carboxylic acids is 2. The van der Waals surface area contributed by atoms with Gasteiger partial charge in [-0.25, -0.2) is 0 Å². The highest BCUT2D eigenvalue weighted by atomic mass is 16.5. The number of hydrogen-bond acceptors (Lipinski definition) is 4. The Bertz CT molecular complexity index is 777. The highest BCUT2D eigenvalue weighted by Gasteiger charge is 2.18. The van der Waals surface area contributed by atoms with Crippen molar-refractivity contribution >= 4 is 11.7 Å². The zero-order chi connectivity index (χ0) is 17.8. The molecule has 1 amide bonds. The number of ketones is 1. The predicted molar refractivity (Wildman–Crippen MR) is 95.1 cm³/mol. The van der Waals surface area contributed by atoms with E-state index in [0.717, 1.165) is 17.5 Å². The summed E-state index contributed by atoms with van der Waals surface area (Å²) in [5.74, 6) is 0.417. The quantitative estimate of drug-likeness (QED) is 0.850. The Morgan fingerprint density at radius 3 is 2.44 bits per heavy atom. The summed E-state index contributed by atoms with van der Waals surface area (Å²) < 4.78 is 10.5. The molecule has 1 heterocycles. The fourth-order valence-corrected chi connectivity index (χ4v) is 2.89. The number of carbonyl (C=O) groups is 2. The van der Waals surface area contributed by atoms with Gasteiger partial charge in [0, 0.05) is 12.2 Å². The van der Waals surface area contributed by atoms with E-state index in [4.69, 9.17) is 9.47 Å². The molecule has 130 valence electrons. The van der Waals surface area contributed by atoms with Gasteiger partial charge in [0.25, 0.3) is 5.91 Å². The number of rotatable bonds is 5. The lowest BCUT2D eigenvalue weighted by Gasteiger charge is -2.11. The normalized spacial score (nSPS) is 16.5. The molecular weight excluding hydrogens is 318 g/mol. The third kappa shape index (κ3) is 3.88. The molecule has 0 bridgehead atoms. The molecule has 1 aliphatic rings. The van der Waals surface area contributed by atoms with Crippen LogP contribution in [0.4, 0.5) is 0 Å². The molecule has 1 saturated heterocycles. The standard InChI is InChI=1S/C20H21NO4/c1-13(22)18-11-16(7-8-19(18)24-2)14-3-5-15(6-4-14)20(23)21-17-9-10-25-12-17/h3-8,11,17H,9-10,12H2,1-2H3,(H,21,23). The van der Waals surface area contributed by atoms with Gasteiger partial charge in [0.1, 0.15) is 5.75 Å². The number of nitrogens with one attached hydrogen (secondary N) is 1. The van der Waals surface area contributed by atoms with Gasteiger partial charge < -0.3 is 14.8 Å². The number of hydrogen-bond donors (Lipinski definition) is 1. The van der Waals surface area contributed by atoms with Crippen LogP contribution in [-0.4, -0.2) is 38.1 Å². The molecule has 0 aromatic heterocycles. The van der Waals surface area contributed by atoms with Gasteiger partial charge in [-0.2, -0.15) is 0 Å². The first kappa shape index (κ1) is 17.2. The smallest absolute Gasteiger partial charge is 0.251 e. The molecule has 1 aliphatic heterocycles. The largest absolute Gasteiger partial charge is 0.496 e. The van der Waals surface area contributed by atoms with E-state index in [1.54, 1.807) is 25.3 Å². The first-order valence-electron chi connectivity index (χ1n) is 8.26. The second-order valence-corrected chi connectivity index (χ2v) is 6.08. The van der Waals surface area contributed by atoms with Gasteiger partial charge in [0.15, 0.2) is 5.78 Å². The SMILES string of the molecule is COc1ccc(-c2ccc(C(=O)NC3CCOC3)cc2)cc1C(C)=O. The van der Waals surface area contributed by atoms with Crippen LogP contribution >= 0.6 is 0 Å². The van der Waals surface area contributed by atoms with E-state index >= 15 is 0 Å². The summed E-state index contributed by atoms with van der Waals surface area (Å²) in [5, 5.41) is 2.97. The van der Waals surface area contributed by atoms with Crippen LogP contribution in [0.5, 0.6) is 5.75 Å². The zero-order valence-electron chi connectivity index (χ0n) is 14.4. The van der Waals surface area contributed by atoms with Gasteiger partial charge in [-0.1, -0.05) is 18.2 Å². The van der Waals surface area contributed by atoms with E-state index in [-0.39, 0.29) is 17.7 Å². The summed E-state index contributed by atoms with van der Waals surface area (Å²) in [5.41, 5.74) is 2.99. The van der Waals surface area contributed by atoms with Gasteiger partial charge >= 0.3 is 0 Å². The number of methoxy groups -OCH3 is 1. The second-order valence-electron chi connectivity index (χ2n) is 6.08. The van der Waals surface area contributed by atoms with Crippen molar-refractivity contribution in [2.75, 3.05) is 20.3 Å². The molecule has 0 saturated carbocycles. The average Bonchev–Trinajstić information content (AvgIpc) is 3.14. The molecule has 1 fully saturated rings. The zero-order valence-corrected chi connectivity index (χ0v) is 14.4. The molecule has 3 rings (SSSR count). The van der Waals surface area contributed by atoms with E-state index in [9.17, 15) is 9.59 Å². The van der Waals surface area contributed by atoms with Gasteiger partial charge in [-0.05, 0) is 48.7 Å².